The van der Waals surface area contributed by atoms with E-state index in [2.05, 4.69) is 0 Å². The van der Waals surface area contributed by atoms with Crippen LogP contribution < -0.4 is 0 Å². The van der Waals surface area contributed by atoms with E-state index in [0.717, 1.165) is 11.8 Å². The van der Waals surface area contributed by atoms with Gasteiger partial charge in [0.2, 0.25) is 11.8 Å². The number of hydrogen-bond donors (Lipinski definition) is 0. The van der Waals surface area contributed by atoms with Gasteiger partial charge in [-0.3, -0.25) is 19.3 Å². The summed E-state index contributed by atoms with van der Waals surface area (Å²) in [5, 5.41) is 0.0112. The van der Waals surface area contributed by atoms with Gasteiger partial charge in [0.15, 0.2) is 5.12 Å². The topological polar surface area (TPSA) is 54.5 Å². The summed E-state index contributed by atoms with van der Waals surface area (Å²) in [6, 6.07) is 0. The predicted octanol–water partition coefficient (Wildman–Crippen LogP) is 0.661. The van der Waals surface area contributed by atoms with Crippen molar-refractivity contribution in [3.63, 3.8) is 0 Å². The number of likely N-dealkylation sites (tertiary alicyclic amines) is 1. The molecule has 78 valence electrons. The van der Waals surface area contributed by atoms with Gasteiger partial charge in [0.05, 0.1) is 0 Å². The van der Waals surface area contributed by atoms with E-state index in [4.69, 9.17) is 0 Å². The lowest BCUT2D eigenvalue weighted by molar-refractivity contribution is -0.138. The number of rotatable bonds is 3. The molecular formula is C9H13NO3S. The standard InChI is InChI=1S/C9H13NO3S/c1-6-5-8(12)10(9(6)13)3-4-14-7(2)11/h6H,3-5H2,1-2H3. The van der Waals surface area contributed by atoms with Crippen LogP contribution in [0.3, 0.4) is 0 Å². The van der Waals surface area contributed by atoms with Crippen molar-refractivity contribution in [2.45, 2.75) is 20.3 Å². The third kappa shape index (κ3) is 2.57. The average molecular weight is 215 g/mol. The second-order valence-electron chi connectivity index (χ2n) is 3.33. The first-order valence-electron chi connectivity index (χ1n) is 4.50. The monoisotopic (exact) mass is 215 g/mol. The predicted molar refractivity (Wildman–Crippen MR) is 53.6 cm³/mol. The molecule has 1 saturated heterocycles. The third-order valence-corrected chi connectivity index (χ3v) is 2.88. The van der Waals surface area contributed by atoms with E-state index in [1.165, 1.54) is 11.8 Å². The zero-order valence-electron chi connectivity index (χ0n) is 8.28. The summed E-state index contributed by atoms with van der Waals surface area (Å²) in [5.41, 5.74) is 0. The Kier molecular flexibility index (Phi) is 3.69. The quantitative estimate of drug-likeness (QED) is 0.649. The zero-order valence-corrected chi connectivity index (χ0v) is 9.10. The summed E-state index contributed by atoms with van der Waals surface area (Å²) in [6.45, 7) is 3.57. The van der Waals surface area contributed by atoms with Gasteiger partial charge in [-0.2, -0.15) is 0 Å². The van der Waals surface area contributed by atoms with Gasteiger partial charge in [-0.05, 0) is 0 Å². The van der Waals surface area contributed by atoms with E-state index in [1.54, 1.807) is 6.92 Å². The highest BCUT2D eigenvalue weighted by molar-refractivity contribution is 8.13. The lowest BCUT2D eigenvalue weighted by atomic mass is 10.1. The van der Waals surface area contributed by atoms with Crippen LogP contribution in [0, 0.1) is 5.92 Å². The lowest BCUT2D eigenvalue weighted by Gasteiger charge is -2.12. The highest BCUT2D eigenvalue weighted by atomic mass is 32.2. The van der Waals surface area contributed by atoms with Crippen molar-refractivity contribution >= 4 is 28.7 Å². The van der Waals surface area contributed by atoms with Crippen molar-refractivity contribution < 1.29 is 14.4 Å². The van der Waals surface area contributed by atoms with Crippen LogP contribution in [0.2, 0.25) is 0 Å². The van der Waals surface area contributed by atoms with Gasteiger partial charge >= 0.3 is 0 Å². The first-order chi connectivity index (χ1) is 6.52. The molecule has 0 bridgehead atoms. The Morgan fingerprint density at radius 3 is 2.64 bits per heavy atom. The summed E-state index contributed by atoms with van der Waals surface area (Å²) in [7, 11) is 0. The number of carbonyl (C=O) groups excluding carboxylic acids is 3. The van der Waals surface area contributed by atoms with Crippen LogP contribution in [-0.4, -0.2) is 34.1 Å². The van der Waals surface area contributed by atoms with Crippen molar-refractivity contribution in [2.24, 2.45) is 5.92 Å². The number of imide groups is 1. The molecule has 1 aliphatic rings. The Labute approximate surface area is 87.0 Å². The molecule has 5 heteroatoms. The number of thioether (sulfide) groups is 1. The smallest absolute Gasteiger partial charge is 0.232 e. The molecule has 1 unspecified atom stereocenters. The van der Waals surface area contributed by atoms with E-state index in [-0.39, 0.29) is 22.8 Å². The largest absolute Gasteiger partial charge is 0.288 e. The van der Waals surface area contributed by atoms with Gasteiger partial charge in [0.25, 0.3) is 0 Å². The van der Waals surface area contributed by atoms with Crippen molar-refractivity contribution in [1.29, 1.82) is 0 Å². The molecule has 0 aromatic carbocycles. The van der Waals surface area contributed by atoms with E-state index in [9.17, 15) is 14.4 Å². The maximum absolute atomic E-state index is 11.4. The molecule has 0 aliphatic carbocycles. The Hall–Kier alpha value is -0.840. The van der Waals surface area contributed by atoms with Crippen LogP contribution in [0.25, 0.3) is 0 Å². The normalized spacial score (nSPS) is 21.9. The maximum Gasteiger partial charge on any atom is 0.232 e. The molecule has 1 fully saturated rings. The van der Waals surface area contributed by atoms with Crippen LogP contribution in [0.5, 0.6) is 0 Å². The van der Waals surface area contributed by atoms with E-state index in [0.29, 0.717) is 18.7 Å². The molecule has 0 aromatic heterocycles. The Morgan fingerprint density at radius 1 is 1.57 bits per heavy atom. The molecule has 0 N–H and O–H groups in total. The Morgan fingerprint density at radius 2 is 2.21 bits per heavy atom. The van der Waals surface area contributed by atoms with Gasteiger partial charge in [0, 0.05) is 31.6 Å². The molecule has 0 spiro atoms. The number of nitrogens with zero attached hydrogens (tertiary/aromatic N) is 1. The third-order valence-electron chi connectivity index (χ3n) is 2.09. The fourth-order valence-electron chi connectivity index (χ4n) is 1.36. The van der Waals surface area contributed by atoms with Crippen LogP contribution in [0.15, 0.2) is 0 Å². The molecule has 1 heterocycles. The van der Waals surface area contributed by atoms with E-state index < -0.39 is 0 Å². The molecule has 2 amide bonds. The molecule has 0 radical (unpaired) electrons. The molecule has 4 nitrogen and oxygen atoms in total. The van der Waals surface area contributed by atoms with Gasteiger partial charge in [-0.1, -0.05) is 18.7 Å². The van der Waals surface area contributed by atoms with Crippen LogP contribution >= 0.6 is 11.8 Å². The second kappa shape index (κ2) is 4.59. The first kappa shape index (κ1) is 11.2. The summed E-state index contributed by atoms with van der Waals surface area (Å²) >= 11 is 1.14. The minimum atomic E-state index is -0.190. The zero-order chi connectivity index (χ0) is 10.7. The van der Waals surface area contributed by atoms with Crippen molar-refractivity contribution in [3.8, 4) is 0 Å². The van der Waals surface area contributed by atoms with E-state index in [1.807, 2.05) is 0 Å². The van der Waals surface area contributed by atoms with Gasteiger partial charge in [-0.15, -0.1) is 0 Å². The van der Waals surface area contributed by atoms with Crippen molar-refractivity contribution in [1.82, 2.24) is 4.90 Å². The minimum Gasteiger partial charge on any atom is -0.288 e. The molecule has 1 rings (SSSR count). The van der Waals surface area contributed by atoms with E-state index >= 15 is 0 Å². The van der Waals surface area contributed by atoms with Crippen LogP contribution in [-0.2, 0) is 14.4 Å². The highest BCUT2D eigenvalue weighted by Gasteiger charge is 2.34. The molecule has 0 aromatic rings. The number of carbonyl (C=O) groups is 3. The number of amides is 2. The molecule has 1 aliphatic heterocycles. The van der Waals surface area contributed by atoms with Crippen molar-refractivity contribution in [3.05, 3.63) is 0 Å². The average Bonchev–Trinajstić information content (AvgIpc) is 2.31. The summed E-state index contributed by atoms with van der Waals surface area (Å²) in [4.78, 5) is 34.6. The van der Waals surface area contributed by atoms with Gasteiger partial charge < -0.3 is 0 Å². The molecule has 14 heavy (non-hydrogen) atoms. The van der Waals surface area contributed by atoms with Gasteiger partial charge in [-0.25, -0.2) is 0 Å². The summed E-state index contributed by atoms with van der Waals surface area (Å²) in [6.07, 6.45) is 0.309. The second-order valence-corrected chi connectivity index (χ2v) is 4.60. The lowest BCUT2D eigenvalue weighted by Crippen LogP contribution is -2.32. The Balaban J connectivity index is 2.41. The summed E-state index contributed by atoms with van der Waals surface area (Å²) < 4.78 is 0. The fourth-order valence-corrected chi connectivity index (χ4v) is 1.93. The fraction of sp³-hybridized carbons (Fsp3) is 0.667. The van der Waals surface area contributed by atoms with Crippen LogP contribution in [0.1, 0.15) is 20.3 Å². The van der Waals surface area contributed by atoms with Crippen molar-refractivity contribution in [2.75, 3.05) is 12.3 Å². The maximum atomic E-state index is 11.4. The minimum absolute atomic E-state index is 0.0112. The SMILES string of the molecule is CC(=O)SCCN1C(=O)CC(C)C1=O. The summed E-state index contributed by atoms with van der Waals surface area (Å²) in [5.74, 6) is 0.0788. The molecule has 1 atom stereocenters. The highest BCUT2D eigenvalue weighted by Crippen LogP contribution is 2.18. The molecule has 0 saturated carbocycles. The Bertz CT molecular complexity index is 277. The number of hydrogen-bond acceptors (Lipinski definition) is 4. The van der Waals surface area contributed by atoms with Crippen LogP contribution in [0.4, 0.5) is 0 Å². The molecular weight excluding hydrogens is 202 g/mol. The van der Waals surface area contributed by atoms with Gasteiger partial charge in [0.1, 0.15) is 0 Å². The first-order valence-corrected chi connectivity index (χ1v) is 5.48.